The largest absolute Gasteiger partial charge is 0.497 e. The zero-order chi connectivity index (χ0) is 18.4. The van der Waals surface area contributed by atoms with Crippen LogP contribution in [0.3, 0.4) is 0 Å². The molecule has 0 aliphatic carbocycles. The summed E-state index contributed by atoms with van der Waals surface area (Å²) in [5.74, 6) is 1.40. The number of carbonyl (C=O) groups is 1. The molecule has 0 saturated carbocycles. The lowest BCUT2D eigenvalue weighted by Crippen LogP contribution is -2.38. The fourth-order valence-electron chi connectivity index (χ4n) is 2.80. The van der Waals surface area contributed by atoms with Crippen molar-refractivity contribution in [1.29, 1.82) is 0 Å². The lowest BCUT2D eigenvalue weighted by atomic mass is 10.0. The van der Waals surface area contributed by atoms with E-state index in [1.807, 2.05) is 57.2 Å². The molecule has 4 nitrogen and oxygen atoms in total. The number of rotatable bonds is 7. The molecule has 0 radical (unpaired) electrons. The summed E-state index contributed by atoms with van der Waals surface area (Å²) in [6, 6.07) is 13.7. The van der Waals surface area contributed by atoms with Crippen LogP contribution in [0, 0.1) is 13.8 Å². The Bertz CT molecular complexity index is 689. The zero-order valence-electron chi connectivity index (χ0n) is 15.6. The van der Waals surface area contributed by atoms with Crippen LogP contribution in [0.4, 0.5) is 0 Å². The number of benzene rings is 2. The standard InChI is InChI=1S/C21H27NO3/c1-6-20(17-7-9-18(24-5)10-8-17)22-21(23)16(4)25-19-12-14(2)11-15(3)13-19/h7-13,16,20H,6H2,1-5H3,(H,22,23). The molecule has 0 spiro atoms. The van der Waals surface area contributed by atoms with Crippen molar-refractivity contribution in [3.8, 4) is 11.5 Å². The Hall–Kier alpha value is -2.49. The van der Waals surface area contributed by atoms with Gasteiger partial charge in [0.1, 0.15) is 11.5 Å². The van der Waals surface area contributed by atoms with Gasteiger partial charge in [-0.3, -0.25) is 4.79 Å². The van der Waals surface area contributed by atoms with E-state index in [4.69, 9.17) is 9.47 Å². The molecule has 0 aliphatic rings. The van der Waals surface area contributed by atoms with Crippen LogP contribution < -0.4 is 14.8 Å². The van der Waals surface area contributed by atoms with Gasteiger partial charge in [0.2, 0.25) is 0 Å². The number of amides is 1. The third kappa shape index (κ3) is 5.24. The van der Waals surface area contributed by atoms with Crippen LogP contribution in [0.2, 0.25) is 0 Å². The third-order valence-electron chi connectivity index (χ3n) is 4.12. The van der Waals surface area contributed by atoms with Gasteiger partial charge in [0, 0.05) is 0 Å². The average Bonchev–Trinajstić information content (AvgIpc) is 2.58. The number of hydrogen-bond donors (Lipinski definition) is 1. The Labute approximate surface area is 150 Å². The fourth-order valence-corrected chi connectivity index (χ4v) is 2.80. The molecule has 0 fully saturated rings. The van der Waals surface area contributed by atoms with Gasteiger partial charge in [-0.25, -0.2) is 0 Å². The first kappa shape index (κ1) is 18.8. The minimum Gasteiger partial charge on any atom is -0.497 e. The number of ether oxygens (including phenoxy) is 2. The normalized spacial score (nSPS) is 13.0. The van der Waals surface area contributed by atoms with Crippen LogP contribution >= 0.6 is 0 Å². The third-order valence-corrected chi connectivity index (χ3v) is 4.12. The van der Waals surface area contributed by atoms with E-state index >= 15 is 0 Å². The van der Waals surface area contributed by atoms with Crippen LogP contribution in [-0.2, 0) is 4.79 Å². The predicted octanol–water partition coefficient (Wildman–Crippen LogP) is 4.35. The van der Waals surface area contributed by atoms with Crippen LogP contribution in [0.25, 0.3) is 0 Å². The smallest absolute Gasteiger partial charge is 0.261 e. The highest BCUT2D eigenvalue weighted by Crippen LogP contribution is 2.21. The van der Waals surface area contributed by atoms with Crippen molar-refractivity contribution < 1.29 is 14.3 Å². The van der Waals surface area contributed by atoms with E-state index in [9.17, 15) is 4.79 Å². The van der Waals surface area contributed by atoms with Gasteiger partial charge in [0.15, 0.2) is 6.10 Å². The predicted molar refractivity (Wildman–Crippen MR) is 100 cm³/mol. The molecule has 4 heteroatoms. The van der Waals surface area contributed by atoms with Crippen molar-refractivity contribution in [2.45, 2.75) is 46.3 Å². The highest BCUT2D eigenvalue weighted by Gasteiger charge is 2.19. The number of carbonyl (C=O) groups excluding carboxylic acids is 1. The lowest BCUT2D eigenvalue weighted by molar-refractivity contribution is -0.128. The van der Waals surface area contributed by atoms with E-state index in [0.29, 0.717) is 0 Å². The van der Waals surface area contributed by atoms with Crippen molar-refractivity contribution in [2.24, 2.45) is 0 Å². The minimum atomic E-state index is -0.562. The van der Waals surface area contributed by atoms with Gasteiger partial charge in [0.05, 0.1) is 13.2 Å². The summed E-state index contributed by atoms with van der Waals surface area (Å²) >= 11 is 0. The van der Waals surface area contributed by atoms with Crippen molar-refractivity contribution in [3.63, 3.8) is 0 Å². The maximum Gasteiger partial charge on any atom is 0.261 e. The maximum absolute atomic E-state index is 12.5. The van der Waals surface area contributed by atoms with Crippen molar-refractivity contribution in [1.82, 2.24) is 5.32 Å². The van der Waals surface area contributed by atoms with Gasteiger partial charge in [-0.2, -0.15) is 0 Å². The first-order chi connectivity index (χ1) is 11.9. The molecule has 0 aliphatic heterocycles. The minimum absolute atomic E-state index is 0.0521. The number of aryl methyl sites for hydroxylation is 2. The summed E-state index contributed by atoms with van der Waals surface area (Å²) in [7, 11) is 1.64. The molecule has 1 N–H and O–H groups in total. The van der Waals surface area contributed by atoms with Crippen LogP contribution in [0.5, 0.6) is 11.5 Å². The van der Waals surface area contributed by atoms with E-state index in [1.54, 1.807) is 14.0 Å². The van der Waals surface area contributed by atoms with Gasteiger partial charge in [0.25, 0.3) is 5.91 Å². The molecular weight excluding hydrogens is 314 g/mol. The first-order valence-corrected chi connectivity index (χ1v) is 8.62. The van der Waals surface area contributed by atoms with E-state index in [1.165, 1.54) is 0 Å². The van der Waals surface area contributed by atoms with Gasteiger partial charge in [-0.15, -0.1) is 0 Å². The van der Waals surface area contributed by atoms with Crippen LogP contribution in [-0.4, -0.2) is 19.1 Å². The molecule has 0 aromatic heterocycles. The first-order valence-electron chi connectivity index (χ1n) is 8.62. The Morgan fingerprint density at radius 2 is 1.64 bits per heavy atom. The highest BCUT2D eigenvalue weighted by molar-refractivity contribution is 5.81. The molecule has 2 aromatic carbocycles. The van der Waals surface area contributed by atoms with Gasteiger partial charge in [-0.05, 0) is 68.1 Å². The molecule has 0 bridgehead atoms. The van der Waals surface area contributed by atoms with E-state index in [2.05, 4.69) is 11.4 Å². The Morgan fingerprint density at radius 1 is 1.04 bits per heavy atom. The van der Waals surface area contributed by atoms with Gasteiger partial charge < -0.3 is 14.8 Å². The molecule has 0 saturated heterocycles. The summed E-state index contributed by atoms with van der Waals surface area (Å²) in [6.07, 6.45) is 0.238. The molecule has 2 aromatic rings. The summed E-state index contributed by atoms with van der Waals surface area (Å²) in [5, 5.41) is 3.06. The zero-order valence-corrected chi connectivity index (χ0v) is 15.6. The Balaban J connectivity index is 2.02. The van der Waals surface area contributed by atoms with Gasteiger partial charge in [-0.1, -0.05) is 25.1 Å². The second-order valence-electron chi connectivity index (χ2n) is 6.33. The second-order valence-corrected chi connectivity index (χ2v) is 6.33. The Kier molecular flexibility index (Phi) is 6.45. The highest BCUT2D eigenvalue weighted by atomic mass is 16.5. The van der Waals surface area contributed by atoms with E-state index in [0.717, 1.165) is 34.6 Å². The number of hydrogen-bond acceptors (Lipinski definition) is 3. The molecule has 0 heterocycles. The van der Waals surface area contributed by atoms with Gasteiger partial charge >= 0.3 is 0 Å². The van der Waals surface area contributed by atoms with Crippen LogP contribution in [0.15, 0.2) is 42.5 Å². The average molecular weight is 341 g/mol. The quantitative estimate of drug-likeness (QED) is 0.814. The van der Waals surface area contributed by atoms with Crippen molar-refractivity contribution in [3.05, 3.63) is 59.2 Å². The summed E-state index contributed by atoms with van der Waals surface area (Å²) in [4.78, 5) is 12.5. The second kappa shape index (κ2) is 8.56. The molecular formula is C21H27NO3. The molecule has 1 amide bonds. The Morgan fingerprint density at radius 3 is 2.16 bits per heavy atom. The van der Waals surface area contributed by atoms with Crippen LogP contribution in [0.1, 0.15) is 43.0 Å². The van der Waals surface area contributed by atoms with Crippen molar-refractivity contribution in [2.75, 3.05) is 7.11 Å². The topological polar surface area (TPSA) is 47.6 Å². The summed E-state index contributed by atoms with van der Waals surface area (Å²) in [5.41, 5.74) is 3.29. The molecule has 2 rings (SSSR count). The number of nitrogens with one attached hydrogen (secondary N) is 1. The molecule has 2 atom stereocenters. The maximum atomic E-state index is 12.5. The monoisotopic (exact) mass is 341 g/mol. The molecule has 2 unspecified atom stereocenters. The summed E-state index contributed by atoms with van der Waals surface area (Å²) in [6.45, 7) is 7.85. The van der Waals surface area contributed by atoms with E-state index in [-0.39, 0.29) is 11.9 Å². The number of methoxy groups -OCH3 is 1. The molecule has 134 valence electrons. The van der Waals surface area contributed by atoms with E-state index < -0.39 is 6.10 Å². The molecule has 25 heavy (non-hydrogen) atoms. The van der Waals surface area contributed by atoms with Crippen molar-refractivity contribution >= 4 is 5.91 Å². The summed E-state index contributed by atoms with van der Waals surface area (Å²) < 4.78 is 11.0. The lowest BCUT2D eigenvalue weighted by Gasteiger charge is -2.21. The fraction of sp³-hybridized carbons (Fsp3) is 0.381. The SMILES string of the molecule is CCC(NC(=O)C(C)Oc1cc(C)cc(C)c1)c1ccc(OC)cc1.